The molecule has 1 rings (SSSR count). The average Bonchev–Trinajstić information content (AvgIpc) is 2.27. The predicted molar refractivity (Wildman–Crippen MR) is 68.2 cm³/mol. The number of aromatic nitrogens is 1. The molecule has 0 spiro atoms. The molecule has 2 atom stereocenters. The van der Waals surface area contributed by atoms with Gasteiger partial charge in [-0.25, -0.2) is 4.98 Å². The molecule has 0 saturated heterocycles. The first-order valence-electron chi connectivity index (χ1n) is 5.43. The van der Waals surface area contributed by atoms with Crippen molar-refractivity contribution in [3.8, 4) is 0 Å². The smallest absolute Gasteiger partial charge is 0.0962 e. The van der Waals surface area contributed by atoms with E-state index in [1.807, 2.05) is 30.1 Å². The third kappa shape index (κ3) is 4.52. The lowest BCUT2D eigenvalue weighted by molar-refractivity contribution is 0.586. The topological polar surface area (TPSA) is 12.9 Å². The van der Waals surface area contributed by atoms with E-state index in [2.05, 4.69) is 44.0 Å². The van der Waals surface area contributed by atoms with Crippen LogP contribution in [-0.4, -0.2) is 10.2 Å². The van der Waals surface area contributed by atoms with Crippen LogP contribution in [0, 0.1) is 5.92 Å². The van der Waals surface area contributed by atoms with Crippen molar-refractivity contribution < 1.29 is 0 Å². The van der Waals surface area contributed by atoms with Crippen molar-refractivity contribution in [3.63, 3.8) is 0 Å². The van der Waals surface area contributed by atoms with Crippen LogP contribution in [0.25, 0.3) is 0 Å². The van der Waals surface area contributed by atoms with Gasteiger partial charge in [-0.3, -0.25) is 0 Å². The van der Waals surface area contributed by atoms with Crippen LogP contribution in [0.1, 0.15) is 27.2 Å². The molecular weight excluding hydrogens is 202 g/mol. The summed E-state index contributed by atoms with van der Waals surface area (Å²) in [7, 11) is 0. The van der Waals surface area contributed by atoms with Gasteiger partial charge in [-0.05, 0) is 31.4 Å². The fourth-order valence-electron chi connectivity index (χ4n) is 1.27. The van der Waals surface area contributed by atoms with Crippen molar-refractivity contribution in [2.24, 2.45) is 5.92 Å². The van der Waals surface area contributed by atoms with E-state index in [1.165, 1.54) is 0 Å². The first kappa shape index (κ1) is 12.3. The Kier molecular flexibility index (Phi) is 5.48. The first-order chi connectivity index (χ1) is 7.24. The van der Waals surface area contributed by atoms with E-state index in [0.717, 1.165) is 11.4 Å². The number of hydrogen-bond donors (Lipinski definition) is 0. The highest BCUT2D eigenvalue weighted by Crippen LogP contribution is 2.27. The van der Waals surface area contributed by atoms with E-state index >= 15 is 0 Å². The third-order valence-corrected chi connectivity index (χ3v) is 3.81. The first-order valence-corrected chi connectivity index (χ1v) is 6.31. The average molecular weight is 221 g/mol. The number of hydrogen-bond acceptors (Lipinski definition) is 2. The quantitative estimate of drug-likeness (QED) is 0.547. The van der Waals surface area contributed by atoms with Crippen LogP contribution in [0.2, 0.25) is 0 Å². The molecule has 82 valence electrons. The van der Waals surface area contributed by atoms with Crippen LogP contribution < -0.4 is 0 Å². The summed E-state index contributed by atoms with van der Waals surface area (Å²) in [4.78, 5) is 4.33. The zero-order valence-corrected chi connectivity index (χ0v) is 10.5. The molecule has 0 N–H and O–H groups in total. The molecule has 2 heteroatoms. The number of thioether (sulfide) groups is 1. The van der Waals surface area contributed by atoms with Gasteiger partial charge in [-0.15, -0.1) is 11.8 Å². The Balaban J connectivity index is 2.44. The molecule has 2 unspecified atom stereocenters. The van der Waals surface area contributed by atoms with Gasteiger partial charge >= 0.3 is 0 Å². The number of rotatable bonds is 5. The monoisotopic (exact) mass is 221 g/mol. The van der Waals surface area contributed by atoms with Gasteiger partial charge in [0.25, 0.3) is 0 Å². The minimum atomic E-state index is 0.608. The summed E-state index contributed by atoms with van der Waals surface area (Å²) >= 11 is 1.86. The molecule has 1 aromatic rings. The lowest BCUT2D eigenvalue weighted by Gasteiger charge is -2.17. The molecule has 15 heavy (non-hydrogen) atoms. The second kappa shape index (κ2) is 6.67. The highest BCUT2D eigenvalue weighted by Gasteiger charge is 2.12. The van der Waals surface area contributed by atoms with E-state index in [4.69, 9.17) is 0 Å². The Morgan fingerprint density at radius 1 is 1.40 bits per heavy atom. The normalized spacial score (nSPS) is 15.4. The molecule has 1 nitrogen and oxygen atoms in total. The Labute approximate surface area is 97.0 Å². The molecule has 0 radical (unpaired) electrons. The van der Waals surface area contributed by atoms with Gasteiger partial charge in [0.1, 0.15) is 0 Å². The van der Waals surface area contributed by atoms with Gasteiger partial charge in [0.05, 0.1) is 5.03 Å². The van der Waals surface area contributed by atoms with Crippen LogP contribution in [0.15, 0.2) is 41.6 Å². The predicted octanol–water partition coefficient (Wildman–Crippen LogP) is 4.16. The highest BCUT2D eigenvalue weighted by molar-refractivity contribution is 7.99. The van der Waals surface area contributed by atoms with Crippen LogP contribution >= 0.6 is 11.8 Å². The zero-order valence-electron chi connectivity index (χ0n) is 9.68. The summed E-state index contributed by atoms with van der Waals surface area (Å²) in [5.41, 5.74) is 0. The molecule has 0 fully saturated rings. The van der Waals surface area contributed by atoms with Crippen molar-refractivity contribution >= 4 is 11.8 Å². The standard InChI is InChI=1S/C13H19NS/c1-4-5-8-11(2)12(3)15-13-9-6-7-10-14-13/h4-7,9-12H,8H2,1-3H3/b5-4+. The Morgan fingerprint density at radius 2 is 2.20 bits per heavy atom. The molecule has 0 aliphatic heterocycles. The summed E-state index contributed by atoms with van der Waals surface area (Å²) in [6, 6.07) is 6.07. The Morgan fingerprint density at radius 3 is 2.80 bits per heavy atom. The molecule has 0 aliphatic rings. The Bertz CT molecular complexity index is 295. The maximum absolute atomic E-state index is 4.33. The fourth-order valence-corrected chi connectivity index (χ4v) is 2.27. The van der Waals surface area contributed by atoms with Crippen LogP contribution in [0.3, 0.4) is 0 Å². The van der Waals surface area contributed by atoms with Crippen molar-refractivity contribution in [1.82, 2.24) is 4.98 Å². The SMILES string of the molecule is C/C=C/CC(C)C(C)Sc1ccccn1. The van der Waals surface area contributed by atoms with Gasteiger partial charge in [-0.2, -0.15) is 0 Å². The molecular formula is C13H19NS. The van der Waals surface area contributed by atoms with Gasteiger partial charge in [-0.1, -0.05) is 32.1 Å². The lowest BCUT2D eigenvalue weighted by Crippen LogP contribution is -2.09. The lowest BCUT2D eigenvalue weighted by atomic mass is 10.0. The second-order valence-electron chi connectivity index (χ2n) is 3.77. The van der Waals surface area contributed by atoms with Crippen molar-refractivity contribution in [3.05, 3.63) is 36.5 Å². The summed E-state index contributed by atoms with van der Waals surface area (Å²) in [5, 5.41) is 1.73. The maximum Gasteiger partial charge on any atom is 0.0962 e. The van der Waals surface area contributed by atoms with Crippen molar-refractivity contribution in [2.75, 3.05) is 0 Å². The summed E-state index contributed by atoms with van der Waals surface area (Å²) in [5.74, 6) is 0.688. The van der Waals surface area contributed by atoms with Crippen molar-refractivity contribution in [1.29, 1.82) is 0 Å². The van der Waals surface area contributed by atoms with E-state index in [9.17, 15) is 0 Å². The fraction of sp³-hybridized carbons (Fsp3) is 0.462. The largest absolute Gasteiger partial charge is 0.250 e. The van der Waals surface area contributed by atoms with Crippen LogP contribution in [0.4, 0.5) is 0 Å². The van der Waals surface area contributed by atoms with Gasteiger partial charge in [0.2, 0.25) is 0 Å². The van der Waals surface area contributed by atoms with Crippen molar-refractivity contribution in [2.45, 2.75) is 37.5 Å². The molecule has 1 aromatic heterocycles. The highest BCUT2D eigenvalue weighted by atomic mass is 32.2. The van der Waals surface area contributed by atoms with Gasteiger partial charge in [0, 0.05) is 11.4 Å². The van der Waals surface area contributed by atoms with Crippen LogP contribution in [-0.2, 0) is 0 Å². The summed E-state index contributed by atoms with van der Waals surface area (Å²) < 4.78 is 0. The molecule has 1 heterocycles. The maximum atomic E-state index is 4.33. The van der Waals surface area contributed by atoms with E-state index in [0.29, 0.717) is 11.2 Å². The number of nitrogens with zero attached hydrogens (tertiary/aromatic N) is 1. The van der Waals surface area contributed by atoms with Gasteiger partial charge in [0.15, 0.2) is 0 Å². The van der Waals surface area contributed by atoms with E-state index in [1.54, 1.807) is 0 Å². The van der Waals surface area contributed by atoms with E-state index < -0.39 is 0 Å². The zero-order chi connectivity index (χ0) is 11.1. The summed E-state index contributed by atoms with van der Waals surface area (Å²) in [6.07, 6.45) is 7.36. The molecule has 0 aromatic carbocycles. The molecule has 0 saturated carbocycles. The number of allylic oxidation sites excluding steroid dienone is 2. The summed E-state index contributed by atoms with van der Waals surface area (Å²) in [6.45, 7) is 6.64. The minimum absolute atomic E-state index is 0.608. The third-order valence-electron chi connectivity index (χ3n) is 2.49. The molecule has 0 bridgehead atoms. The molecule has 0 amide bonds. The number of pyridine rings is 1. The second-order valence-corrected chi connectivity index (χ2v) is 5.17. The minimum Gasteiger partial charge on any atom is -0.250 e. The van der Waals surface area contributed by atoms with E-state index in [-0.39, 0.29) is 0 Å². The van der Waals surface area contributed by atoms with Crippen LogP contribution in [0.5, 0.6) is 0 Å². The Hall–Kier alpha value is -0.760. The molecule has 0 aliphatic carbocycles. The van der Waals surface area contributed by atoms with Gasteiger partial charge < -0.3 is 0 Å².